The number of phenols is 2. The molecule has 1 aliphatic heterocycles. The normalized spacial score (nSPS) is 17.5. The number of hydrogen-bond acceptors (Lipinski definition) is 3. The molecule has 24 heavy (non-hydrogen) atoms. The van der Waals surface area contributed by atoms with Crippen LogP contribution in [0.2, 0.25) is 5.02 Å². The number of hydrogen-bond donors (Lipinski definition) is 2. The second-order valence-electron chi connectivity index (χ2n) is 5.89. The van der Waals surface area contributed by atoms with Gasteiger partial charge in [-0.2, -0.15) is 0 Å². The van der Waals surface area contributed by atoms with Crippen LogP contribution >= 0.6 is 28.6 Å². The molecule has 0 fully saturated rings. The number of phenolic OH excluding ortho intramolecular Hbond substituents is 2. The van der Waals surface area contributed by atoms with Gasteiger partial charge in [-0.15, -0.1) is 23.6 Å². The van der Waals surface area contributed by atoms with Crippen LogP contribution in [0.3, 0.4) is 0 Å². The number of fused-ring (bicyclic) bond motifs is 1. The lowest BCUT2D eigenvalue weighted by Gasteiger charge is -2.24. The van der Waals surface area contributed by atoms with E-state index in [4.69, 9.17) is 11.6 Å². The topological polar surface area (TPSA) is 43.7 Å². The average Bonchev–Trinajstić information content (AvgIpc) is 2.74. The summed E-state index contributed by atoms with van der Waals surface area (Å²) in [7, 11) is 0. The van der Waals surface area contributed by atoms with Gasteiger partial charge in [0.15, 0.2) is 11.5 Å². The quantitative estimate of drug-likeness (QED) is 0.578. The smallest absolute Gasteiger partial charge is 0.176 e. The van der Waals surface area contributed by atoms with Gasteiger partial charge in [0, 0.05) is 25.6 Å². The van der Waals surface area contributed by atoms with Crippen molar-refractivity contribution in [2.45, 2.75) is 12.3 Å². The molecule has 0 amide bonds. The number of nitrogens with zero attached hydrogens (tertiary/aromatic N) is 1. The molecule has 0 aliphatic carbocycles. The van der Waals surface area contributed by atoms with Crippen molar-refractivity contribution in [3.8, 4) is 11.5 Å². The average molecular weight is 411 g/mol. The Bertz CT molecular complexity index is 721. The summed E-state index contributed by atoms with van der Waals surface area (Å²) in [5.74, 6) is -0.293. The molecule has 1 unspecified atom stereocenters. The fourth-order valence-corrected chi connectivity index (χ4v) is 3.59. The lowest BCUT2D eigenvalue weighted by molar-refractivity contribution is 0.306. The van der Waals surface area contributed by atoms with E-state index in [-0.39, 0.29) is 39.4 Å². The lowest BCUT2D eigenvalue weighted by Crippen LogP contribution is -2.28. The van der Waals surface area contributed by atoms with Crippen molar-refractivity contribution in [1.29, 1.82) is 0 Å². The molecular formula is C19H21BrClNO2. The van der Waals surface area contributed by atoms with Crippen molar-refractivity contribution >= 4 is 28.6 Å². The molecule has 128 valence electrons. The fourth-order valence-electron chi connectivity index (χ4n) is 3.29. The number of rotatable bonds is 3. The highest BCUT2D eigenvalue weighted by molar-refractivity contribution is 8.93. The molecule has 2 aromatic rings. The van der Waals surface area contributed by atoms with E-state index in [0.717, 1.165) is 37.2 Å². The molecular weight excluding hydrogens is 390 g/mol. The first-order chi connectivity index (χ1) is 11.1. The van der Waals surface area contributed by atoms with E-state index in [1.807, 2.05) is 24.3 Å². The van der Waals surface area contributed by atoms with E-state index >= 15 is 0 Å². The van der Waals surface area contributed by atoms with Gasteiger partial charge in [0.25, 0.3) is 0 Å². The van der Waals surface area contributed by atoms with Gasteiger partial charge in [-0.25, -0.2) is 0 Å². The highest BCUT2D eigenvalue weighted by Crippen LogP contribution is 2.43. The van der Waals surface area contributed by atoms with Crippen LogP contribution in [0, 0.1) is 0 Å². The number of aromatic hydroxyl groups is 2. The van der Waals surface area contributed by atoms with Crippen molar-refractivity contribution in [1.82, 2.24) is 4.90 Å². The van der Waals surface area contributed by atoms with Gasteiger partial charge in [0.2, 0.25) is 0 Å². The summed E-state index contributed by atoms with van der Waals surface area (Å²) in [4.78, 5) is 2.31. The largest absolute Gasteiger partial charge is 0.504 e. The minimum absolute atomic E-state index is 0. The molecule has 0 saturated heterocycles. The first-order valence-electron chi connectivity index (χ1n) is 7.73. The Kier molecular flexibility index (Phi) is 6.33. The van der Waals surface area contributed by atoms with Gasteiger partial charge < -0.3 is 10.2 Å². The van der Waals surface area contributed by atoms with Crippen LogP contribution in [0.25, 0.3) is 0 Å². The zero-order valence-electron chi connectivity index (χ0n) is 13.3. The Morgan fingerprint density at radius 1 is 1.25 bits per heavy atom. The maximum absolute atomic E-state index is 10.0. The monoisotopic (exact) mass is 409 g/mol. The van der Waals surface area contributed by atoms with Crippen molar-refractivity contribution in [3.63, 3.8) is 0 Å². The van der Waals surface area contributed by atoms with Gasteiger partial charge in [-0.3, -0.25) is 4.90 Å². The second kappa shape index (κ2) is 8.06. The van der Waals surface area contributed by atoms with Crippen LogP contribution in [0.4, 0.5) is 0 Å². The predicted molar refractivity (Wildman–Crippen MR) is 104 cm³/mol. The summed E-state index contributed by atoms with van der Waals surface area (Å²) in [5.41, 5.74) is 3.08. The summed E-state index contributed by atoms with van der Waals surface area (Å²) >= 11 is 6.32. The molecule has 1 atom stereocenters. The molecule has 1 heterocycles. The van der Waals surface area contributed by atoms with Gasteiger partial charge in [0.05, 0.1) is 5.02 Å². The van der Waals surface area contributed by atoms with Crippen LogP contribution in [-0.4, -0.2) is 34.7 Å². The number of halogens is 2. The molecule has 0 radical (unpaired) electrons. The van der Waals surface area contributed by atoms with Gasteiger partial charge in [0.1, 0.15) is 0 Å². The van der Waals surface area contributed by atoms with Gasteiger partial charge >= 0.3 is 0 Å². The summed E-state index contributed by atoms with van der Waals surface area (Å²) in [5, 5.41) is 20.3. The minimum atomic E-state index is -0.227. The molecule has 0 saturated carbocycles. The third kappa shape index (κ3) is 3.61. The summed E-state index contributed by atoms with van der Waals surface area (Å²) in [6.45, 7) is 6.29. The van der Waals surface area contributed by atoms with E-state index in [1.54, 1.807) is 6.07 Å². The maximum atomic E-state index is 10.0. The Labute approximate surface area is 158 Å². The summed E-state index contributed by atoms with van der Waals surface area (Å²) in [6.07, 6.45) is 2.63. The Morgan fingerprint density at radius 3 is 2.62 bits per heavy atom. The van der Waals surface area contributed by atoms with Crippen molar-refractivity contribution in [2.75, 3.05) is 19.6 Å². The van der Waals surface area contributed by atoms with Crippen molar-refractivity contribution in [3.05, 3.63) is 70.8 Å². The molecule has 3 rings (SSSR count). The SMILES string of the molecule is Br.C=CCN1CCc2c(cc(O)c(O)c2Cl)C(c2ccccc2)C1. The molecule has 0 spiro atoms. The molecule has 0 bridgehead atoms. The molecule has 5 heteroatoms. The zero-order valence-corrected chi connectivity index (χ0v) is 15.8. The Morgan fingerprint density at radius 2 is 1.96 bits per heavy atom. The first kappa shape index (κ1) is 18.8. The van der Waals surface area contributed by atoms with E-state index in [0.29, 0.717) is 0 Å². The molecule has 3 nitrogen and oxygen atoms in total. The molecule has 1 aliphatic rings. The van der Waals surface area contributed by atoms with Crippen LogP contribution < -0.4 is 0 Å². The molecule has 2 aromatic carbocycles. The van der Waals surface area contributed by atoms with Crippen molar-refractivity contribution in [2.24, 2.45) is 0 Å². The third-order valence-electron chi connectivity index (χ3n) is 4.44. The maximum Gasteiger partial charge on any atom is 0.176 e. The Balaban J connectivity index is 0.00000208. The van der Waals surface area contributed by atoms with E-state index in [1.165, 1.54) is 5.56 Å². The molecule has 0 aromatic heterocycles. The zero-order chi connectivity index (χ0) is 16.4. The van der Waals surface area contributed by atoms with E-state index < -0.39 is 0 Å². The van der Waals surface area contributed by atoms with Gasteiger partial charge in [-0.05, 0) is 29.2 Å². The lowest BCUT2D eigenvalue weighted by atomic mass is 9.87. The summed E-state index contributed by atoms with van der Waals surface area (Å²) < 4.78 is 0. The number of benzene rings is 2. The van der Waals surface area contributed by atoms with E-state index in [9.17, 15) is 10.2 Å². The van der Waals surface area contributed by atoms with Gasteiger partial charge in [-0.1, -0.05) is 48.0 Å². The highest BCUT2D eigenvalue weighted by atomic mass is 79.9. The Hall–Kier alpha value is -1.49. The second-order valence-corrected chi connectivity index (χ2v) is 6.27. The third-order valence-corrected chi connectivity index (χ3v) is 4.85. The van der Waals surface area contributed by atoms with Crippen LogP contribution in [0.15, 0.2) is 49.1 Å². The standard InChI is InChI=1S/C19H20ClNO2.BrH/c1-2-9-21-10-8-14-15(11-17(22)19(23)18(14)20)16(12-21)13-6-4-3-5-7-13;/h2-7,11,16,22-23H,1,8-10,12H2;1H. The van der Waals surface area contributed by atoms with Crippen LogP contribution in [0.5, 0.6) is 11.5 Å². The molecule has 2 N–H and O–H groups in total. The van der Waals surface area contributed by atoms with Crippen LogP contribution in [0.1, 0.15) is 22.6 Å². The summed E-state index contributed by atoms with van der Waals surface area (Å²) in [6, 6.07) is 11.8. The fraction of sp³-hybridized carbons (Fsp3) is 0.263. The first-order valence-corrected chi connectivity index (χ1v) is 8.11. The van der Waals surface area contributed by atoms with Crippen molar-refractivity contribution < 1.29 is 10.2 Å². The minimum Gasteiger partial charge on any atom is -0.504 e. The highest BCUT2D eigenvalue weighted by Gasteiger charge is 2.28. The predicted octanol–water partition coefficient (Wildman–Crippen LogP) is 4.51. The van der Waals surface area contributed by atoms with Crippen LogP contribution in [-0.2, 0) is 6.42 Å². The van der Waals surface area contributed by atoms with E-state index in [2.05, 4.69) is 23.6 Å².